The fourth-order valence-corrected chi connectivity index (χ4v) is 4.78. The Kier molecular flexibility index (Phi) is 10.5. The van der Waals surface area contributed by atoms with Crippen LogP contribution in [0.5, 0.6) is 5.75 Å². The van der Waals surface area contributed by atoms with Gasteiger partial charge in [0.1, 0.15) is 11.4 Å². The molecule has 1 atom stereocenters. The van der Waals surface area contributed by atoms with E-state index in [4.69, 9.17) is 4.74 Å². The number of rotatable bonds is 11. The molecule has 43 heavy (non-hydrogen) atoms. The number of carbonyl (C=O) groups excluding carboxylic acids is 4. The van der Waals surface area contributed by atoms with Gasteiger partial charge in [0.2, 0.25) is 5.91 Å². The normalized spacial score (nSPS) is 11.7. The minimum Gasteiger partial charge on any atom is -0.497 e. The Morgan fingerprint density at radius 1 is 0.744 bits per heavy atom. The number of amides is 3. The molecule has 0 aliphatic carbocycles. The third-order valence-corrected chi connectivity index (χ3v) is 7.42. The van der Waals surface area contributed by atoms with E-state index >= 15 is 0 Å². The predicted molar refractivity (Wildman–Crippen MR) is 170 cm³/mol. The lowest BCUT2D eigenvalue weighted by atomic mass is 10.1. The fourth-order valence-electron chi connectivity index (χ4n) is 3.91. The molecule has 4 aromatic rings. The topological polar surface area (TPSA) is 114 Å². The molecule has 4 rings (SSSR count). The van der Waals surface area contributed by atoms with Gasteiger partial charge in [0.05, 0.1) is 12.4 Å². The predicted octanol–water partition coefficient (Wildman–Crippen LogP) is 6.43. The van der Waals surface area contributed by atoms with Crippen LogP contribution in [0, 0.1) is 0 Å². The van der Waals surface area contributed by atoms with E-state index in [1.54, 1.807) is 117 Å². The average Bonchev–Trinajstić information content (AvgIpc) is 3.02. The van der Waals surface area contributed by atoms with E-state index in [-0.39, 0.29) is 17.4 Å². The number of anilines is 2. The molecule has 0 saturated heterocycles. The molecule has 8 nitrogen and oxygen atoms in total. The Morgan fingerprint density at radius 2 is 1.35 bits per heavy atom. The van der Waals surface area contributed by atoms with Crippen molar-refractivity contribution in [1.82, 2.24) is 5.32 Å². The molecule has 0 spiro atoms. The number of thioether (sulfide) groups is 1. The number of Topliss-reactive ketones (excluding diaryl/α,β-unsaturated/α-hetero) is 1. The summed E-state index contributed by atoms with van der Waals surface area (Å²) >= 11 is 1.37. The number of carbonyl (C=O) groups is 4. The number of ketones is 1. The van der Waals surface area contributed by atoms with E-state index in [1.165, 1.54) is 18.7 Å². The molecule has 0 aromatic heterocycles. The van der Waals surface area contributed by atoms with Gasteiger partial charge >= 0.3 is 0 Å². The number of nitrogens with one attached hydrogen (secondary N) is 3. The summed E-state index contributed by atoms with van der Waals surface area (Å²) in [6, 6.07) is 29.6. The zero-order chi connectivity index (χ0) is 30.8. The molecule has 218 valence electrons. The summed E-state index contributed by atoms with van der Waals surface area (Å²) in [5.41, 5.74) is 2.90. The van der Waals surface area contributed by atoms with Crippen molar-refractivity contribution in [2.75, 3.05) is 17.7 Å². The van der Waals surface area contributed by atoms with Crippen molar-refractivity contribution < 1.29 is 23.9 Å². The molecule has 1 unspecified atom stereocenters. The van der Waals surface area contributed by atoms with Gasteiger partial charge in [-0.25, -0.2) is 0 Å². The molecule has 0 fully saturated rings. The van der Waals surface area contributed by atoms with E-state index in [0.29, 0.717) is 33.8 Å². The van der Waals surface area contributed by atoms with Crippen molar-refractivity contribution in [3.8, 4) is 5.75 Å². The third kappa shape index (κ3) is 8.92. The minimum absolute atomic E-state index is 0.0390. The molecule has 0 heterocycles. The van der Waals surface area contributed by atoms with Gasteiger partial charge in [-0.05, 0) is 98.3 Å². The molecule has 0 bridgehead atoms. The van der Waals surface area contributed by atoms with Crippen molar-refractivity contribution in [3.05, 3.63) is 126 Å². The second kappa shape index (κ2) is 14.7. The quantitative estimate of drug-likeness (QED) is 0.105. The molecule has 0 aliphatic heterocycles. The Hall–Kier alpha value is -5.15. The second-order valence-corrected chi connectivity index (χ2v) is 10.9. The maximum Gasteiger partial charge on any atom is 0.272 e. The van der Waals surface area contributed by atoms with E-state index in [1.807, 2.05) is 6.07 Å². The first kappa shape index (κ1) is 30.8. The summed E-state index contributed by atoms with van der Waals surface area (Å²) in [6.07, 6.45) is 1.59. The van der Waals surface area contributed by atoms with E-state index < -0.39 is 17.1 Å². The van der Waals surface area contributed by atoms with E-state index in [9.17, 15) is 19.2 Å². The van der Waals surface area contributed by atoms with Gasteiger partial charge in [0.15, 0.2) is 5.78 Å². The van der Waals surface area contributed by atoms with Crippen molar-refractivity contribution in [2.45, 2.75) is 24.0 Å². The summed E-state index contributed by atoms with van der Waals surface area (Å²) < 4.78 is 5.20. The highest BCUT2D eigenvalue weighted by Crippen LogP contribution is 2.26. The van der Waals surface area contributed by atoms with Gasteiger partial charge in [0, 0.05) is 27.4 Å². The zero-order valence-corrected chi connectivity index (χ0v) is 24.7. The minimum atomic E-state index is -0.496. The molecular weight excluding hydrogens is 562 g/mol. The highest BCUT2D eigenvalue weighted by molar-refractivity contribution is 8.00. The monoisotopic (exact) mass is 593 g/mol. The third-order valence-electron chi connectivity index (χ3n) is 6.31. The van der Waals surface area contributed by atoms with Crippen molar-refractivity contribution >= 4 is 52.7 Å². The molecule has 0 radical (unpaired) electrons. The molecule has 9 heteroatoms. The first-order valence-electron chi connectivity index (χ1n) is 13.4. The van der Waals surface area contributed by atoms with Crippen molar-refractivity contribution in [3.63, 3.8) is 0 Å². The largest absolute Gasteiger partial charge is 0.497 e. The molecule has 0 aliphatic rings. The highest BCUT2D eigenvalue weighted by Gasteiger charge is 2.17. The lowest BCUT2D eigenvalue weighted by Crippen LogP contribution is -2.30. The van der Waals surface area contributed by atoms with Crippen LogP contribution < -0.4 is 20.7 Å². The molecule has 3 amide bonds. The van der Waals surface area contributed by atoms with Crippen LogP contribution >= 0.6 is 11.8 Å². The Morgan fingerprint density at radius 3 is 1.95 bits per heavy atom. The smallest absolute Gasteiger partial charge is 0.272 e. The zero-order valence-electron chi connectivity index (χ0n) is 23.9. The average molecular weight is 594 g/mol. The van der Waals surface area contributed by atoms with Crippen LogP contribution in [0.1, 0.15) is 40.1 Å². The summed E-state index contributed by atoms with van der Waals surface area (Å²) in [6.45, 7) is 3.29. The Labute approximate surface area is 254 Å². The SMILES string of the molecule is COc1ccc(/C=C(\NC(=O)c2ccccc2)C(=O)Nc2ccc(SC(C)C(=O)Nc3ccc(C(C)=O)cc3)cc2)cc1. The maximum atomic E-state index is 13.3. The van der Waals surface area contributed by atoms with E-state index in [0.717, 1.165) is 4.90 Å². The lowest BCUT2D eigenvalue weighted by molar-refractivity contribution is -0.115. The first-order chi connectivity index (χ1) is 20.7. The summed E-state index contributed by atoms with van der Waals surface area (Å²) in [5.74, 6) is -0.457. The lowest BCUT2D eigenvalue weighted by Gasteiger charge is -2.14. The van der Waals surface area contributed by atoms with Gasteiger partial charge in [-0.2, -0.15) is 0 Å². The van der Waals surface area contributed by atoms with Gasteiger partial charge in [-0.1, -0.05) is 30.3 Å². The van der Waals surface area contributed by atoms with Crippen molar-refractivity contribution in [1.29, 1.82) is 0 Å². The van der Waals surface area contributed by atoms with Crippen molar-refractivity contribution in [2.24, 2.45) is 0 Å². The van der Waals surface area contributed by atoms with Gasteiger partial charge in [-0.15, -0.1) is 11.8 Å². The number of benzene rings is 4. The Bertz CT molecular complexity index is 1620. The number of ether oxygens (including phenoxy) is 1. The number of hydrogen-bond donors (Lipinski definition) is 3. The van der Waals surface area contributed by atoms with Crippen LogP contribution in [-0.2, 0) is 9.59 Å². The van der Waals surface area contributed by atoms with E-state index in [2.05, 4.69) is 16.0 Å². The van der Waals surface area contributed by atoms with Gasteiger partial charge in [0.25, 0.3) is 11.8 Å². The second-order valence-electron chi connectivity index (χ2n) is 9.51. The van der Waals surface area contributed by atoms with Crippen LogP contribution in [-0.4, -0.2) is 35.9 Å². The van der Waals surface area contributed by atoms with Crippen LogP contribution in [0.4, 0.5) is 11.4 Å². The summed E-state index contributed by atoms with van der Waals surface area (Å²) in [7, 11) is 1.57. The van der Waals surface area contributed by atoms with Crippen LogP contribution in [0.25, 0.3) is 6.08 Å². The molecule has 4 aromatic carbocycles. The molecular formula is C34H31N3O5S. The molecule has 3 N–H and O–H groups in total. The van der Waals surface area contributed by atoms with Crippen LogP contribution in [0.2, 0.25) is 0 Å². The first-order valence-corrected chi connectivity index (χ1v) is 14.3. The Balaban J connectivity index is 1.41. The van der Waals surface area contributed by atoms with Gasteiger partial charge < -0.3 is 20.7 Å². The maximum absolute atomic E-state index is 13.3. The summed E-state index contributed by atoms with van der Waals surface area (Å²) in [5, 5.41) is 8.01. The number of hydrogen-bond acceptors (Lipinski definition) is 6. The van der Waals surface area contributed by atoms with Crippen LogP contribution in [0.15, 0.2) is 114 Å². The van der Waals surface area contributed by atoms with Gasteiger partial charge in [-0.3, -0.25) is 19.2 Å². The highest BCUT2D eigenvalue weighted by atomic mass is 32.2. The standard InChI is InChI=1S/C34H31N3O5S/c1-22(38)25-11-13-27(14-12-25)35-32(39)23(2)43-30-19-15-28(16-20-30)36-34(41)31(21-24-9-17-29(42-3)18-10-24)37-33(40)26-7-5-4-6-8-26/h4-21,23H,1-3H3,(H,35,39)(H,36,41)(H,37,40)/b31-21-. The fraction of sp³-hybridized carbons (Fsp3) is 0.118. The van der Waals surface area contributed by atoms with Crippen LogP contribution in [0.3, 0.4) is 0 Å². The number of methoxy groups -OCH3 is 1. The summed E-state index contributed by atoms with van der Waals surface area (Å²) in [4.78, 5) is 51.1. The molecule has 0 saturated carbocycles.